The molecule has 3 aromatic rings. The van der Waals surface area contributed by atoms with Crippen molar-refractivity contribution < 1.29 is 19.1 Å². The molecule has 7 nitrogen and oxygen atoms in total. The van der Waals surface area contributed by atoms with Gasteiger partial charge >= 0.3 is 0 Å². The number of hydrogen-bond acceptors (Lipinski definition) is 6. The number of rotatable bonds is 7. The zero-order valence-electron chi connectivity index (χ0n) is 16.4. The molecule has 148 valence electrons. The second kappa shape index (κ2) is 8.88. The molecule has 0 atom stereocenters. The number of anilines is 3. The lowest BCUT2D eigenvalue weighted by atomic mass is 10.1. The number of methoxy groups -OCH3 is 2. The van der Waals surface area contributed by atoms with Crippen LogP contribution in [0.3, 0.4) is 0 Å². The Morgan fingerprint density at radius 3 is 2.07 bits per heavy atom. The Balaban J connectivity index is 1.65. The topological polar surface area (TPSA) is 89.6 Å². The van der Waals surface area contributed by atoms with Gasteiger partial charge < -0.3 is 20.1 Å². The van der Waals surface area contributed by atoms with Crippen LogP contribution < -0.4 is 20.1 Å². The summed E-state index contributed by atoms with van der Waals surface area (Å²) in [6.07, 6.45) is 1.61. The molecule has 0 aliphatic heterocycles. The number of Topliss-reactive ketones (excluding diaryl/α,β-unsaturated/α-hetero) is 1. The van der Waals surface area contributed by atoms with Gasteiger partial charge in [-0.1, -0.05) is 0 Å². The fourth-order valence-electron chi connectivity index (χ4n) is 2.66. The van der Waals surface area contributed by atoms with Crippen LogP contribution >= 0.6 is 0 Å². The number of nitrogens with zero attached hydrogens (tertiary/aromatic N) is 1. The molecule has 1 aromatic heterocycles. The van der Waals surface area contributed by atoms with Gasteiger partial charge in [-0.2, -0.15) is 0 Å². The molecule has 0 fully saturated rings. The average molecular weight is 391 g/mol. The molecule has 1 heterocycles. The van der Waals surface area contributed by atoms with Crippen LogP contribution in [0.1, 0.15) is 27.6 Å². The molecule has 2 aromatic carbocycles. The van der Waals surface area contributed by atoms with Crippen molar-refractivity contribution in [2.24, 2.45) is 0 Å². The molecule has 0 saturated heterocycles. The molecule has 1 amide bonds. The minimum absolute atomic E-state index is 0.0211. The summed E-state index contributed by atoms with van der Waals surface area (Å²) in [7, 11) is 3.05. The molecular formula is C22H21N3O4. The SMILES string of the molecule is COc1ccc(C(=O)Nc2ccc(Nc3ccc(C(C)=O)cc3)cn2)cc1OC. The molecule has 2 N–H and O–H groups in total. The quantitative estimate of drug-likeness (QED) is 0.584. The Morgan fingerprint density at radius 2 is 1.48 bits per heavy atom. The summed E-state index contributed by atoms with van der Waals surface area (Å²) in [5, 5.41) is 5.94. The van der Waals surface area contributed by atoms with Gasteiger partial charge in [0.05, 0.1) is 26.1 Å². The van der Waals surface area contributed by atoms with Crippen LogP contribution in [0.4, 0.5) is 17.2 Å². The van der Waals surface area contributed by atoms with Gasteiger partial charge in [0.1, 0.15) is 5.82 Å². The number of hydrogen-bond donors (Lipinski definition) is 2. The highest BCUT2D eigenvalue weighted by molar-refractivity contribution is 6.04. The summed E-state index contributed by atoms with van der Waals surface area (Å²) in [6, 6.07) is 15.6. The Hall–Kier alpha value is -3.87. The summed E-state index contributed by atoms with van der Waals surface area (Å²) < 4.78 is 10.4. The summed E-state index contributed by atoms with van der Waals surface area (Å²) in [6.45, 7) is 1.53. The van der Waals surface area contributed by atoms with Crippen molar-refractivity contribution in [2.45, 2.75) is 6.92 Å². The number of carbonyl (C=O) groups excluding carboxylic acids is 2. The van der Waals surface area contributed by atoms with Crippen molar-refractivity contribution in [1.82, 2.24) is 4.98 Å². The number of amides is 1. The minimum atomic E-state index is -0.306. The van der Waals surface area contributed by atoms with Crippen LogP contribution in [0.15, 0.2) is 60.8 Å². The normalized spacial score (nSPS) is 10.2. The zero-order valence-corrected chi connectivity index (χ0v) is 16.4. The van der Waals surface area contributed by atoms with E-state index in [1.54, 1.807) is 48.7 Å². The summed E-state index contributed by atoms with van der Waals surface area (Å²) in [5.41, 5.74) is 2.67. The second-order valence-electron chi connectivity index (χ2n) is 6.21. The van der Waals surface area contributed by atoms with E-state index in [-0.39, 0.29) is 11.7 Å². The van der Waals surface area contributed by atoms with E-state index in [0.29, 0.717) is 28.4 Å². The minimum Gasteiger partial charge on any atom is -0.493 e. The standard InChI is InChI=1S/C22H21N3O4/c1-14(26)15-4-7-17(8-5-15)24-18-9-11-21(23-13-18)25-22(27)16-6-10-19(28-2)20(12-16)29-3/h4-13,24H,1-3H3,(H,23,25,27). The van der Waals surface area contributed by atoms with E-state index < -0.39 is 0 Å². The van der Waals surface area contributed by atoms with E-state index in [1.165, 1.54) is 21.1 Å². The van der Waals surface area contributed by atoms with Gasteiger partial charge in [-0.3, -0.25) is 9.59 Å². The highest BCUT2D eigenvalue weighted by atomic mass is 16.5. The number of ketones is 1. The predicted molar refractivity (Wildman–Crippen MR) is 111 cm³/mol. The van der Waals surface area contributed by atoms with E-state index >= 15 is 0 Å². The number of nitrogens with one attached hydrogen (secondary N) is 2. The third-order valence-electron chi connectivity index (χ3n) is 4.23. The van der Waals surface area contributed by atoms with E-state index in [0.717, 1.165) is 11.4 Å². The van der Waals surface area contributed by atoms with Crippen LogP contribution in [0.2, 0.25) is 0 Å². The summed E-state index contributed by atoms with van der Waals surface area (Å²) >= 11 is 0. The van der Waals surface area contributed by atoms with Crippen molar-refractivity contribution in [3.05, 3.63) is 71.9 Å². The maximum Gasteiger partial charge on any atom is 0.256 e. The van der Waals surface area contributed by atoms with Crippen LogP contribution in [-0.2, 0) is 0 Å². The van der Waals surface area contributed by atoms with Gasteiger partial charge in [0.25, 0.3) is 5.91 Å². The highest BCUT2D eigenvalue weighted by Gasteiger charge is 2.11. The second-order valence-corrected chi connectivity index (χ2v) is 6.21. The lowest BCUT2D eigenvalue weighted by Gasteiger charge is -2.10. The van der Waals surface area contributed by atoms with Crippen molar-refractivity contribution in [3.8, 4) is 11.5 Å². The molecule has 0 radical (unpaired) electrons. The Morgan fingerprint density at radius 1 is 0.828 bits per heavy atom. The monoisotopic (exact) mass is 391 g/mol. The first kappa shape index (κ1) is 19.9. The van der Waals surface area contributed by atoms with Crippen LogP contribution in [0.25, 0.3) is 0 Å². The van der Waals surface area contributed by atoms with E-state index in [1.807, 2.05) is 12.1 Å². The molecule has 0 unspecified atom stereocenters. The van der Waals surface area contributed by atoms with Crippen LogP contribution in [0, 0.1) is 0 Å². The molecule has 0 spiro atoms. The largest absolute Gasteiger partial charge is 0.493 e. The van der Waals surface area contributed by atoms with Gasteiger partial charge in [-0.05, 0) is 61.5 Å². The maximum atomic E-state index is 12.5. The fourth-order valence-corrected chi connectivity index (χ4v) is 2.66. The molecule has 29 heavy (non-hydrogen) atoms. The zero-order chi connectivity index (χ0) is 20.8. The number of carbonyl (C=O) groups is 2. The molecule has 0 bridgehead atoms. The smallest absolute Gasteiger partial charge is 0.256 e. The van der Waals surface area contributed by atoms with Gasteiger partial charge in [0.2, 0.25) is 0 Å². The molecular weight excluding hydrogens is 370 g/mol. The summed E-state index contributed by atoms with van der Waals surface area (Å²) in [5.74, 6) is 1.16. The van der Waals surface area contributed by atoms with Crippen LogP contribution in [-0.4, -0.2) is 30.9 Å². The lowest BCUT2D eigenvalue weighted by Crippen LogP contribution is -2.13. The van der Waals surface area contributed by atoms with Crippen molar-refractivity contribution in [2.75, 3.05) is 24.9 Å². The Labute approximate surface area is 168 Å². The average Bonchev–Trinajstić information content (AvgIpc) is 2.75. The van der Waals surface area contributed by atoms with Gasteiger partial charge in [0.15, 0.2) is 17.3 Å². The third-order valence-corrected chi connectivity index (χ3v) is 4.23. The van der Waals surface area contributed by atoms with E-state index in [9.17, 15) is 9.59 Å². The van der Waals surface area contributed by atoms with Crippen LogP contribution in [0.5, 0.6) is 11.5 Å². The molecule has 0 aliphatic rings. The number of aromatic nitrogens is 1. The van der Waals surface area contributed by atoms with Gasteiger partial charge in [-0.25, -0.2) is 4.98 Å². The van der Waals surface area contributed by atoms with Crippen molar-refractivity contribution >= 4 is 28.9 Å². The third kappa shape index (κ3) is 4.90. The number of pyridine rings is 1. The number of benzene rings is 2. The molecule has 7 heteroatoms. The van der Waals surface area contributed by atoms with E-state index in [4.69, 9.17) is 9.47 Å². The number of ether oxygens (including phenoxy) is 2. The maximum absolute atomic E-state index is 12.5. The fraction of sp³-hybridized carbons (Fsp3) is 0.136. The molecule has 3 rings (SSSR count). The highest BCUT2D eigenvalue weighted by Crippen LogP contribution is 2.28. The Kier molecular flexibility index (Phi) is 6.09. The van der Waals surface area contributed by atoms with Gasteiger partial charge in [-0.15, -0.1) is 0 Å². The molecule has 0 saturated carbocycles. The van der Waals surface area contributed by atoms with Gasteiger partial charge in [0, 0.05) is 16.8 Å². The first-order valence-corrected chi connectivity index (χ1v) is 8.87. The first-order chi connectivity index (χ1) is 14.0. The Bertz CT molecular complexity index is 1020. The molecule has 0 aliphatic carbocycles. The van der Waals surface area contributed by atoms with E-state index in [2.05, 4.69) is 15.6 Å². The summed E-state index contributed by atoms with van der Waals surface area (Å²) in [4.78, 5) is 28.0. The van der Waals surface area contributed by atoms with Crippen molar-refractivity contribution in [1.29, 1.82) is 0 Å². The lowest BCUT2D eigenvalue weighted by molar-refractivity contribution is 0.101. The van der Waals surface area contributed by atoms with Crippen molar-refractivity contribution in [3.63, 3.8) is 0 Å². The first-order valence-electron chi connectivity index (χ1n) is 8.87. The predicted octanol–water partition coefficient (Wildman–Crippen LogP) is 4.30.